The van der Waals surface area contributed by atoms with Crippen molar-refractivity contribution >= 4 is 21.6 Å². The largest absolute Gasteiger partial charge is 0.481 e. The van der Waals surface area contributed by atoms with Crippen LogP contribution < -0.4 is 14.4 Å². The second-order valence-corrected chi connectivity index (χ2v) is 8.59. The number of aryl methyl sites for hydroxylation is 1. The second kappa shape index (κ2) is 8.43. The van der Waals surface area contributed by atoms with Crippen molar-refractivity contribution in [2.45, 2.75) is 32.9 Å². The molecule has 0 aliphatic carbocycles. The summed E-state index contributed by atoms with van der Waals surface area (Å²) >= 11 is 0. The maximum Gasteiger partial charge on any atom is 0.261 e. The van der Waals surface area contributed by atoms with Crippen LogP contribution in [0, 0.1) is 6.92 Å². The summed E-state index contributed by atoms with van der Waals surface area (Å²) in [6.07, 6.45) is 0.453. The lowest BCUT2D eigenvalue weighted by Gasteiger charge is -2.21. The highest BCUT2D eigenvalue weighted by Crippen LogP contribution is 2.21. The van der Waals surface area contributed by atoms with E-state index in [0.717, 1.165) is 17.4 Å². The maximum absolute atomic E-state index is 12.4. The number of rotatable bonds is 7. The van der Waals surface area contributed by atoms with Gasteiger partial charge in [-0.3, -0.25) is 9.10 Å². The molecule has 0 radical (unpaired) electrons. The minimum absolute atomic E-state index is 0.129. The van der Waals surface area contributed by atoms with Crippen LogP contribution in [0.1, 0.15) is 31.0 Å². The zero-order chi connectivity index (χ0) is 20.2. The van der Waals surface area contributed by atoms with E-state index < -0.39 is 16.1 Å². The molecule has 2 aromatic carbocycles. The molecule has 0 heterocycles. The number of nitrogens with one attached hydrogen (secondary N) is 1. The van der Waals surface area contributed by atoms with Crippen LogP contribution in [-0.4, -0.2) is 33.7 Å². The first-order valence-electron chi connectivity index (χ1n) is 8.66. The fraction of sp³-hybridized carbons (Fsp3) is 0.350. The van der Waals surface area contributed by atoms with Gasteiger partial charge in [-0.05, 0) is 56.2 Å². The van der Waals surface area contributed by atoms with Crippen LogP contribution >= 0.6 is 0 Å². The van der Waals surface area contributed by atoms with Crippen molar-refractivity contribution in [1.29, 1.82) is 0 Å². The van der Waals surface area contributed by atoms with Crippen molar-refractivity contribution in [2.75, 3.05) is 17.6 Å². The Morgan fingerprint density at radius 1 is 1.07 bits per heavy atom. The van der Waals surface area contributed by atoms with Crippen molar-refractivity contribution in [2.24, 2.45) is 0 Å². The molecule has 1 amide bonds. The van der Waals surface area contributed by atoms with Crippen LogP contribution in [0.5, 0.6) is 5.75 Å². The second-order valence-electron chi connectivity index (χ2n) is 6.57. The first kappa shape index (κ1) is 20.8. The van der Waals surface area contributed by atoms with E-state index in [-0.39, 0.29) is 11.9 Å². The summed E-state index contributed by atoms with van der Waals surface area (Å²) in [4.78, 5) is 12.4. The van der Waals surface area contributed by atoms with Crippen molar-refractivity contribution in [3.8, 4) is 5.75 Å². The van der Waals surface area contributed by atoms with Gasteiger partial charge in [0.1, 0.15) is 5.75 Å². The van der Waals surface area contributed by atoms with E-state index in [2.05, 4.69) is 5.32 Å². The van der Waals surface area contributed by atoms with E-state index in [1.807, 2.05) is 38.1 Å². The standard InChI is InChI=1S/C20H26N2O4S/c1-14-8-6-7-9-19(14)15(2)21-20(23)16(3)26-18-12-10-17(11-13-18)22(4)27(5,24)25/h6-13,15-16H,1-5H3,(H,21,23). The molecule has 0 saturated heterocycles. The summed E-state index contributed by atoms with van der Waals surface area (Å²) in [6, 6.07) is 14.3. The molecule has 0 aliphatic rings. The molecule has 6 nitrogen and oxygen atoms in total. The predicted octanol–water partition coefficient (Wildman–Crippen LogP) is 3.04. The fourth-order valence-electron chi connectivity index (χ4n) is 2.66. The van der Waals surface area contributed by atoms with E-state index in [1.165, 1.54) is 11.4 Å². The average Bonchev–Trinajstić information content (AvgIpc) is 2.61. The number of hydrogen-bond acceptors (Lipinski definition) is 4. The lowest BCUT2D eigenvalue weighted by molar-refractivity contribution is -0.127. The number of ether oxygens (including phenoxy) is 1. The normalized spacial score (nSPS) is 13.5. The molecule has 0 aromatic heterocycles. The molecule has 2 unspecified atom stereocenters. The van der Waals surface area contributed by atoms with E-state index in [1.54, 1.807) is 31.2 Å². The van der Waals surface area contributed by atoms with Gasteiger partial charge in [-0.1, -0.05) is 24.3 Å². The van der Waals surface area contributed by atoms with Gasteiger partial charge in [0, 0.05) is 7.05 Å². The van der Waals surface area contributed by atoms with Crippen molar-refractivity contribution in [3.63, 3.8) is 0 Å². The Kier molecular flexibility index (Phi) is 6.49. The van der Waals surface area contributed by atoms with Crippen molar-refractivity contribution in [1.82, 2.24) is 5.32 Å². The molecule has 2 atom stereocenters. The first-order valence-corrected chi connectivity index (χ1v) is 10.5. The third-order valence-corrected chi connectivity index (χ3v) is 5.60. The number of carbonyl (C=O) groups excluding carboxylic acids is 1. The summed E-state index contributed by atoms with van der Waals surface area (Å²) < 4.78 is 30.0. The van der Waals surface area contributed by atoms with Gasteiger partial charge < -0.3 is 10.1 Å². The van der Waals surface area contributed by atoms with Gasteiger partial charge in [-0.15, -0.1) is 0 Å². The topological polar surface area (TPSA) is 75.7 Å². The van der Waals surface area contributed by atoms with Crippen molar-refractivity contribution in [3.05, 3.63) is 59.7 Å². The molecule has 0 bridgehead atoms. The summed E-state index contributed by atoms with van der Waals surface area (Å²) in [5, 5.41) is 2.96. The van der Waals surface area contributed by atoms with Crippen LogP contribution in [0.15, 0.2) is 48.5 Å². The number of nitrogens with zero attached hydrogens (tertiary/aromatic N) is 1. The SMILES string of the molecule is Cc1ccccc1C(C)NC(=O)C(C)Oc1ccc(N(C)S(C)(=O)=O)cc1. The average molecular weight is 391 g/mol. The van der Waals surface area contributed by atoms with Crippen LogP contribution in [0.4, 0.5) is 5.69 Å². The lowest BCUT2D eigenvalue weighted by atomic mass is 10.0. The Morgan fingerprint density at radius 3 is 2.22 bits per heavy atom. The molecule has 2 aromatic rings. The number of benzene rings is 2. The highest BCUT2D eigenvalue weighted by atomic mass is 32.2. The predicted molar refractivity (Wildman–Crippen MR) is 108 cm³/mol. The highest BCUT2D eigenvalue weighted by molar-refractivity contribution is 7.92. The number of sulfonamides is 1. The van der Waals surface area contributed by atoms with E-state index >= 15 is 0 Å². The minimum atomic E-state index is -3.32. The van der Waals surface area contributed by atoms with Gasteiger partial charge in [-0.25, -0.2) is 8.42 Å². The van der Waals surface area contributed by atoms with E-state index in [9.17, 15) is 13.2 Å². The van der Waals surface area contributed by atoms with Gasteiger partial charge >= 0.3 is 0 Å². The molecule has 2 rings (SSSR count). The number of carbonyl (C=O) groups is 1. The smallest absolute Gasteiger partial charge is 0.261 e. The zero-order valence-electron chi connectivity index (χ0n) is 16.3. The molecule has 0 saturated carbocycles. The Morgan fingerprint density at radius 2 is 1.67 bits per heavy atom. The Labute approximate surface area is 161 Å². The minimum Gasteiger partial charge on any atom is -0.481 e. The van der Waals surface area contributed by atoms with Gasteiger partial charge in [0.2, 0.25) is 10.0 Å². The summed E-state index contributed by atoms with van der Waals surface area (Å²) in [5.41, 5.74) is 2.70. The quantitative estimate of drug-likeness (QED) is 0.788. The molecule has 0 fully saturated rings. The molecule has 0 aliphatic heterocycles. The Balaban J connectivity index is 1.99. The zero-order valence-corrected chi connectivity index (χ0v) is 17.1. The molecular weight excluding hydrogens is 364 g/mol. The molecular formula is C20H26N2O4S. The maximum atomic E-state index is 12.4. The first-order chi connectivity index (χ1) is 12.6. The van der Waals surface area contributed by atoms with Gasteiger partial charge in [0.15, 0.2) is 6.10 Å². The van der Waals surface area contributed by atoms with E-state index in [4.69, 9.17) is 4.74 Å². The number of hydrogen-bond donors (Lipinski definition) is 1. The monoisotopic (exact) mass is 390 g/mol. The van der Waals surface area contributed by atoms with Crippen LogP contribution in [0.3, 0.4) is 0 Å². The van der Waals surface area contributed by atoms with Gasteiger partial charge in [0.05, 0.1) is 18.0 Å². The Bertz CT molecular complexity index is 894. The summed E-state index contributed by atoms with van der Waals surface area (Å²) in [6.45, 7) is 5.62. The third kappa shape index (κ3) is 5.47. The highest BCUT2D eigenvalue weighted by Gasteiger charge is 2.19. The van der Waals surface area contributed by atoms with Crippen LogP contribution in [-0.2, 0) is 14.8 Å². The number of anilines is 1. The molecule has 146 valence electrons. The molecule has 7 heteroatoms. The van der Waals surface area contributed by atoms with Gasteiger partial charge in [-0.2, -0.15) is 0 Å². The third-order valence-electron chi connectivity index (χ3n) is 4.39. The van der Waals surface area contributed by atoms with Crippen LogP contribution in [0.25, 0.3) is 0 Å². The molecule has 27 heavy (non-hydrogen) atoms. The van der Waals surface area contributed by atoms with Gasteiger partial charge in [0.25, 0.3) is 5.91 Å². The number of amides is 1. The molecule has 0 spiro atoms. The molecule has 1 N–H and O–H groups in total. The fourth-order valence-corrected chi connectivity index (χ4v) is 3.17. The summed E-state index contributed by atoms with van der Waals surface area (Å²) in [7, 11) is -1.84. The van der Waals surface area contributed by atoms with E-state index in [0.29, 0.717) is 11.4 Å². The Hall–Kier alpha value is -2.54. The van der Waals surface area contributed by atoms with Crippen molar-refractivity contribution < 1.29 is 17.9 Å². The van der Waals surface area contributed by atoms with Crippen LogP contribution in [0.2, 0.25) is 0 Å². The lowest BCUT2D eigenvalue weighted by Crippen LogP contribution is -2.38. The summed E-state index contributed by atoms with van der Waals surface area (Å²) in [5.74, 6) is 0.273.